The van der Waals surface area contributed by atoms with Gasteiger partial charge >= 0.3 is 0 Å². The number of ether oxygens (including phenoxy) is 1. The Labute approximate surface area is 61.7 Å². The van der Waals surface area contributed by atoms with Crippen molar-refractivity contribution >= 4 is 0 Å². The summed E-state index contributed by atoms with van der Waals surface area (Å²) in [5.74, 6) is 0. The van der Waals surface area contributed by atoms with Crippen molar-refractivity contribution in [2.75, 3.05) is 6.61 Å². The first-order valence-corrected chi connectivity index (χ1v) is 4.22. The Kier molecular flexibility index (Phi) is 1.46. The third-order valence-electron chi connectivity index (χ3n) is 2.65. The van der Waals surface area contributed by atoms with Crippen LogP contribution in [0, 0.1) is 0 Å². The molecule has 2 nitrogen and oxygen atoms in total. The maximum Gasteiger partial charge on any atom is 0.0754 e. The van der Waals surface area contributed by atoms with Crippen LogP contribution >= 0.6 is 0 Å². The Balaban J connectivity index is 1.91. The average molecular weight is 141 g/mol. The summed E-state index contributed by atoms with van der Waals surface area (Å²) in [4.78, 5) is 0. The summed E-state index contributed by atoms with van der Waals surface area (Å²) in [6, 6.07) is 0. The Morgan fingerprint density at radius 3 is 2.60 bits per heavy atom. The van der Waals surface area contributed by atoms with Gasteiger partial charge in [-0.15, -0.1) is 0 Å². The van der Waals surface area contributed by atoms with Gasteiger partial charge in [0.25, 0.3) is 0 Å². The molecule has 0 amide bonds. The van der Waals surface area contributed by atoms with Crippen LogP contribution in [0.5, 0.6) is 0 Å². The van der Waals surface area contributed by atoms with E-state index in [4.69, 9.17) is 10.5 Å². The fourth-order valence-electron chi connectivity index (χ4n) is 1.66. The Hall–Kier alpha value is -0.0800. The minimum Gasteiger partial charge on any atom is -0.376 e. The molecule has 1 heterocycles. The zero-order valence-corrected chi connectivity index (χ0v) is 6.31. The third kappa shape index (κ3) is 1.06. The van der Waals surface area contributed by atoms with E-state index >= 15 is 0 Å². The van der Waals surface area contributed by atoms with E-state index in [9.17, 15) is 0 Å². The molecule has 0 aromatic rings. The van der Waals surface area contributed by atoms with Gasteiger partial charge in [-0.3, -0.25) is 0 Å². The smallest absolute Gasteiger partial charge is 0.0754 e. The van der Waals surface area contributed by atoms with E-state index in [1.165, 1.54) is 32.1 Å². The fourth-order valence-corrected chi connectivity index (χ4v) is 1.66. The number of hydrogen-bond donors (Lipinski definition) is 1. The molecule has 10 heavy (non-hydrogen) atoms. The van der Waals surface area contributed by atoms with Crippen LogP contribution in [-0.2, 0) is 4.74 Å². The first-order chi connectivity index (χ1) is 4.81. The van der Waals surface area contributed by atoms with Crippen molar-refractivity contribution in [2.45, 2.75) is 43.7 Å². The quantitative estimate of drug-likeness (QED) is 0.592. The van der Waals surface area contributed by atoms with Gasteiger partial charge in [-0.2, -0.15) is 0 Å². The summed E-state index contributed by atoms with van der Waals surface area (Å²) < 4.78 is 5.58. The Morgan fingerprint density at radius 1 is 1.30 bits per heavy atom. The van der Waals surface area contributed by atoms with Crippen molar-refractivity contribution in [3.63, 3.8) is 0 Å². The molecule has 1 unspecified atom stereocenters. The summed E-state index contributed by atoms with van der Waals surface area (Å²) in [6.07, 6.45) is 6.48. The second kappa shape index (κ2) is 2.21. The van der Waals surface area contributed by atoms with Gasteiger partial charge in [0, 0.05) is 12.1 Å². The minimum absolute atomic E-state index is 0.0976. The van der Waals surface area contributed by atoms with Crippen molar-refractivity contribution < 1.29 is 4.74 Å². The second-order valence-corrected chi connectivity index (χ2v) is 3.59. The Bertz CT molecular complexity index is 125. The highest BCUT2D eigenvalue weighted by Gasteiger charge is 2.46. The van der Waals surface area contributed by atoms with Gasteiger partial charge in [0.15, 0.2) is 0 Å². The normalized spacial score (nSPS) is 37.5. The first-order valence-electron chi connectivity index (χ1n) is 4.22. The molecule has 2 fully saturated rings. The highest BCUT2D eigenvalue weighted by atomic mass is 16.5. The molecule has 1 atom stereocenters. The van der Waals surface area contributed by atoms with Crippen LogP contribution in [0.3, 0.4) is 0 Å². The zero-order chi connectivity index (χ0) is 7.03. The molecule has 0 bridgehead atoms. The highest BCUT2D eigenvalue weighted by molar-refractivity contribution is 5.05. The minimum atomic E-state index is 0.0976. The molecule has 0 aromatic carbocycles. The topological polar surface area (TPSA) is 35.2 Å². The van der Waals surface area contributed by atoms with Gasteiger partial charge in [-0.05, 0) is 32.1 Å². The van der Waals surface area contributed by atoms with Crippen LogP contribution in [0.1, 0.15) is 32.1 Å². The van der Waals surface area contributed by atoms with E-state index < -0.39 is 0 Å². The highest BCUT2D eigenvalue weighted by Crippen LogP contribution is 2.40. The molecule has 1 aliphatic heterocycles. The molecule has 0 aromatic heterocycles. The van der Waals surface area contributed by atoms with Gasteiger partial charge in [0.1, 0.15) is 0 Å². The number of hydrogen-bond acceptors (Lipinski definition) is 2. The predicted molar refractivity (Wildman–Crippen MR) is 39.7 cm³/mol. The number of rotatable bonds is 1. The van der Waals surface area contributed by atoms with Crippen LogP contribution < -0.4 is 5.73 Å². The summed E-state index contributed by atoms with van der Waals surface area (Å²) in [7, 11) is 0. The molecular weight excluding hydrogens is 126 g/mol. The second-order valence-electron chi connectivity index (χ2n) is 3.59. The van der Waals surface area contributed by atoms with Gasteiger partial charge in [-0.25, -0.2) is 0 Å². The van der Waals surface area contributed by atoms with Crippen LogP contribution in [0.4, 0.5) is 0 Å². The molecule has 2 rings (SSSR count). The predicted octanol–water partition coefficient (Wildman–Crippen LogP) is 1.05. The summed E-state index contributed by atoms with van der Waals surface area (Å²) in [5.41, 5.74) is 6.09. The SMILES string of the molecule is NC1(C2CCCCO2)CC1. The van der Waals surface area contributed by atoms with Gasteiger partial charge in [-0.1, -0.05) is 0 Å². The van der Waals surface area contributed by atoms with E-state index in [1.807, 2.05) is 0 Å². The first kappa shape index (κ1) is 6.62. The van der Waals surface area contributed by atoms with Crippen molar-refractivity contribution in [2.24, 2.45) is 5.73 Å². The van der Waals surface area contributed by atoms with Crippen LogP contribution in [-0.4, -0.2) is 18.2 Å². The van der Waals surface area contributed by atoms with Gasteiger partial charge < -0.3 is 10.5 Å². The molecule has 0 radical (unpaired) electrons. The lowest BCUT2D eigenvalue weighted by atomic mass is 10.0. The van der Waals surface area contributed by atoms with E-state index in [-0.39, 0.29) is 5.54 Å². The maximum absolute atomic E-state index is 6.00. The zero-order valence-electron chi connectivity index (χ0n) is 6.31. The summed E-state index contributed by atoms with van der Waals surface area (Å²) in [5, 5.41) is 0. The van der Waals surface area contributed by atoms with Crippen LogP contribution in [0.15, 0.2) is 0 Å². The van der Waals surface area contributed by atoms with E-state index in [0.29, 0.717) is 6.10 Å². The van der Waals surface area contributed by atoms with E-state index in [1.54, 1.807) is 0 Å². The van der Waals surface area contributed by atoms with E-state index in [0.717, 1.165) is 6.61 Å². The lowest BCUT2D eigenvalue weighted by molar-refractivity contribution is -0.00590. The Morgan fingerprint density at radius 2 is 2.10 bits per heavy atom. The summed E-state index contributed by atoms with van der Waals surface area (Å²) in [6.45, 7) is 0.934. The fraction of sp³-hybridized carbons (Fsp3) is 1.00. The molecule has 1 saturated carbocycles. The lowest BCUT2D eigenvalue weighted by Gasteiger charge is -2.27. The van der Waals surface area contributed by atoms with Crippen molar-refractivity contribution in [3.8, 4) is 0 Å². The number of nitrogens with two attached hydrogens (primary N) is 1. The van der Waals surface area contributed by atoms with E-state index in [2.05, 4.69) is 0 Å². The van der Waals surface area contributed by atoms with Gasteiger partial charge in [0.2, 0.25) is 0 Å². The molecule has 1 saturated heterocycles. The molecule has 0 spiro atoms. The largest absolute Gasteiger partial charge is 0.376 e. The lowest BCUT2D eigenvalue weighted by Crippen LogP contribution is -2.41. The average Bonchev–Trinajstić information content (AvgIpc) is 2.72. The maximum atomic E-state index is 6.00. The summed E-state index contributed by atoms with van der Waals surface area (Å²) >= 11 is 0. The van der Waals surface area contributed by atoms with Crippen molar-refractivity contribution in [1.29, 1.82) is 0 Å². The molecule has 1 aliphatic carbocycles. The third-order valence-corrected chi connectivity index (χ3v) is 2.65. The molecular formula is C8H15NO. The molecule has 2 N–H and O–H groups in total. The standard InChI is InChI=1S/C8H15NO/c9-8(4-5-8)7-3-1-2-6-10-7/h7H,1-6,9H2. The van der Waals surface area contributed by atoms with Crippen molar-refractivity contribution in [3.05, 3.63) is 0 Å². The van der Waals surface area contributed by atoms with Crippen molar-refractivity contribution in [1.82, 2.24) is 0 Å². The molecule has 2 heteroatoms. The monoisotopic (exact) mass is 141 g/mol. The van der Waals surface area contributed by atoms with Gasteiger partial charge in [0.05, 0.1) is 6.10 Å². The van der Waals surface area contributed by atoms with Crippen LogP contribution in [0.2, 0.25) is 0 Å². The molecule has 2 aliphatic rings. The van der Waals surface area contributed by atoms with Crippen LogP contribution in [0.25, 0.3) is 0 Å². The molecule has 58 valence electrons.